The zero-order valence-corrected chi connectivity index (χ0v) is 15.6. The highest BCUT2D eigenvalue weighted by molar-refractivity contribution is 9.10. The van der Waals surface area contributed by atoms with Crippen LogP contribution in [-0.4, -0.2) is 20.2 Å². The zero-order valence-electron chi connectivity index (χ0n) is 14.0. The minimum absolute atomic E-state index is 0.344. The van der Waals surface area contributed by atoms with Crippen molar-refractivity contribution < 1.29 is 4.42 Å². The maximum Gasteiger partial charge on any atom is 0.336 e. The summed E-state index contributed by atoms with van der Waals surface area (Å²) in [4.78, 5) is 13.4. The van der Waals surface area contributed by atoms with E-state index in [1.54, 1.807) is 0 Å². The zero-order chi connectivity index (χ0) is 18.1. The number of fused-ring (bicyclic) bond motifs is 1. The Labute approximate surface area is 157 Å². The highest BCUT2D eigenvalue weighted by atomic mass is 79.9. The first-order chi connectivity index (χ1) is 12.6. The lowest BCUT2D eigenvalue weighted by Crippen LogP contribution is -2.08. The second kappa shape index (κ2) is 6.84. The number of halogens is 1. The standard InChI is InChI=1S/C19H15BrN4O2/c1-2-12-3-8-16-14(10-18(25)26-17(16)9-12)11-24-22-19(21-23-24)13-4-6-15(20)7-5-13/h3-10H,2,11H2,1H3. The van der Waals surface area contributed by atoms with Crippen molar-refractivity contribution >= 4 is 26.9 Å². The summed E-state index contributed by atoms with van der Waals surface area (Å²) in [6.07, 6.45) is 0.880. The van der Waals surface area contributed by atoms with Crippen LogP contribution in [0.15, 0.2) is 62.2 Å². The minimum atomic E-state index is -0.381. The van der Waals surface area contributed by atoms with Crippen molar-refractivity contribution in [2.75, 3.05) is 0 Å². The van der Waals surface area contributed by atoms with E-state index >= 15 is 0 Å². The monoisotopic (exact) mass is 410 g/mol. The Morgan fingerprint density at radius 3 is 2.69 bits per heavy atom. The molecule has 4 aromatic rings. The van der Waals surface area contributed by atoms with Gasteiger partial charge in [0, 0.05) is 21.5 Å². The molecule has 0 N–H and O–H groups in total. The van der Waals surface area contributed by atoms with Gasteiger partial charge in [-0.3, -0.25) is 0 Å². The van der Waals surface area contributed by atoms with Gasteiger partial charge in [0.1, 0.15) is 5.58 Å². The van der Waals surface area contributed by atoms with Crippen molar-refractivity contribution in [1.82, 2.24) is 20.2 Å². The third-order valence-electron chi connectivity index (χ3n) is 4.17. The summed E-state index contributed by atoms with van der Waals surface area (Å²) < 4.78 is 6.33. The molecule has 0 saturated heterocycles. The van der Waals surface area contributed by atoms with Gasteiger partial charge in [-0.1, -0.05) is 35.0 Å². The molecule has 2 aromatic heterocycles. The molecule has 0 atom stereocenters. The predicted molar refractivity (Wildman–Crippen MR) is 102 cm³/mol. The molecule has 0 aliphatic carbocycles. The van der Waals surface area contributed by atoms with E-state index in [2.05, 4.69) is 38.3 Å². The van der Waals surface area contributed by atoms with Gasteiger partial charge in [-0.2, -0.15) is 4.80 Å². The second-order valence-corrected chi connectivity index (χ2v) is 6.84. The van der Waals surface area contributed by atoms with E-state index in [0.717, 1.165) is 33.0 Å². The lowest BCUT2D eigenvalue weighted by molar-refractivity contribution is 0.545. The van der Waals surface area contributed by atoms with E-state index < -0.39 is 0 Å². The van der Waals surface area contributed by atoms with Crippen LogP contribution in [0.2, 0.25) is 0 Å². The first kappa shape index (κ1) is 16.7. The predicted octanol–water partition coefficient (Wildman–Crippen LogP) is 3.82. The summed E-state index contributed by atoms with van der Waals surface area (Å²) in [5.74, 6) is 0.540. The van der Waals surface area contributed by atoms with Crippen LogP contribution in [0.4, 0.5) is 0 Å². The molecule has 130 valence electrons. The number of rotatable bonds is 4. The van der Waals surface area contributed by atoms with Crippen LogP contribution in [-0.2, 0) is 13.0 Å². The first-order valence-corrected chi connectivity index (χ1v) is 9.01. The second-order valence-electron chi connectivity index (χ2n) is 5.93. The van der Waals surface area contributed by atoms with Crippen LogP contribution in [0.1, 0.15) is 18.1 Å². The van der Waals surface area contributed by atoms with Gasteiger partial charge in [-0.25, -0.2) is 4.79 Å². The number of aromatic nitrogens is 4. The molecule has 0 radical (unpaired) electrons. The summed E-state index contributed by atoms with van der Waals surface area (Å²) in [6.45, 7) is 2.41. The van der Waals surface area contributed by atoms with Crippen molar-refractivity contribution in [3.8, 4) is 11.4 Å². The number of hydrogen-bond donors (Lipinski definition) is 0. The largest absolute Gasteiger partial charge is 0.423 e. The SMILES string of the molecule is CCc1ccc2c(Cn3nnc(-c4ccc(Br)cc4)n3)cc(=O)oc2c1. The highest BCUT2D eigenvalue weighted by Crippen LogP contribution is 2.21. The molecule has 6 nitrogen and oxygen atoms in total. The normalized spacial score (nSPS) is 11.2. The molecule has 7 heteroatoms. The topological polar surface area (TPSA) is 73.8 Å². The summed E-state index contributed by atoms with van der Waals surface area (Å²) in [6, 6.07) is 15.1. The molecule has 2 aromatic carbocycles. The lowest BCUT2D eigenvalue weighted by Gasteiger charge is -2.05. The number of aryl methyl sites for hydroxylation is 1. The Morgan fingerprint density at radius 2 is 1.92 bits per heavy atom. The van der Waals surface area contributed by atoms with Crippen molar-refractivity contribution in [3.05, 3.63) is 74.6 Å². The number of nitrogens with zero attached hydrogens (tertiary/aromatic N) is 4. The summed E-state index contributed by atoms with van der Waals surface area (Å²) in [5, 5.41) is 13.5. The molecule has 0 unspecified atom stereocenters. The fourth-order valence-corrected chi connectivity index (χ4v) is 3.07. The van der Waals surface area contributed by atoms with Gasteiger partial charge in [0.25, 0.3) is 0 Å². The maximum atomic E-state index is 11.9. The van der Waals surface area contributed by atoms with Crippen molar-refractivity contribution in [2.24, 2.45) is 0 Å². The molecule has 4 rings (SSSR count). The van der Waals surface area contributed by atoms with Crippen LogP contribution in [0.3, 0.4) is 0 Å². The molecule has 0 aliphatic heterocycles. The van der Waals surface area contributed by atoms with Crippen LogP contribution in [0, 0.1) is 0 Å². The molecule has 26 heavy (non-hydrogen) atoms. The fraction of sp³-hybridized carbons (Fsp3) is 0.158. The number of tetrazole rings is 1. The van der Waals surface area contributed by atoms with E-state index in [-0.39, 0.29) is 5.63 Å². The van der Waals surface area contributed by atoms with Crippen LogP contribution < -0.4 is 5.63 Å². The third-order valence-corrected chi connectivity index (χ3v) is 4.70. The lowest BCUT2D eigenvalue weighted by atomic mass is 10.1. The van der Waals surface area contributed by atoms with Crippen molar-refractivity contribution in [2.45, 2.75) is 19.9 Å². The van der Waals surface area contributed by atoms with Gasteiger partial charge in [-0.05, 0) is 53.1 Å². The van der Waals surface area contributed by atoms with E-state index in [4.69, 9.17) is 4.42 Å². The van der Waals surface area contributed by atoms with Gasteiger partial charge < -0.3 is 4.42 Å². The molecule has 0 fully saturated rings. The third kappa shape index (κ3) is 3.30. The summed E-state index contributed by atoms with van der Waals surface area (Å²) >= 11 is 3.41. The quantitative estimate of drug-likeness (QED) is 0.478. The molecule has 0 bridgehead atoms. The molecule has 2 heterocycles. The fourth-order valence-electron chi connectivity index (χ4n) is 2.80. The Bertz CT molecular complexity index is 1130. The van der Waals surface area contributed by atoms with Gasteiger partial charge >= 0.3 is 5.63 Å². The van der Waals surface area contributed by atoms with Crippen molar-refractivity contribution in [3.63, 3.8) is 0 Å². The molecule has 0 aliphatic rings. The molecular weight excluding hydrogens is 396 g/mol. The Kier molecular flexibility index (Phi) is 4.38. The van der Waals surface area contributed by atoms with Gasteiger partial charge in [0.05, 0.1) is 6.54 Å². The van der Waals surface area contributed by atoms with Crippen LogP contribution >= 0.6 is 15.9 Å². The number of benzene rings is 2. The molecular formula is C19H15BrN4O2. The minimum Gasteiger partial charge on any atom is -0.423 e. The van der Waals surface area contributed by atoms with Gasteiger partial charge in [0.2, 0.25) is 5.82 Å². The molecule has 0 saturated carbocycles. The van der Waals surface area contributed by atoms with Crippen LogP contribution in [0.25, 0.3) is 22.4 Å². The Morgan fingerprint density at radius 1 is 1.12 bits per heavy atom. The van der Waals surface area contributed by atoms with Crippen molar-refractivity contribution in [1.29, 1.82) is 0 Å². The molecule has 0 spiro atoms. The maximum absolute atomic E-state index is 11.9. The molecule has 0 amide bonds. The van der Waals surface area contributed by atoms with E-state index in [9.17, 15) is 4.79 Å². The highest BCUT2D eigenvalue weighted by Gasteiger charge is 2.10. The summed E-state index contributed by atoms with van der Waals surface area (Å²) in [7, 11) is 0. The van der Waals surface area contributed by atoms with E-state index in [1.165, 1.54) is 10.9 Å². The first-order valence-electron chi connectivity index (χ1n) is 8.22. The Hall–Kier alpha value is -2.80. The van der Waals surface area contributed by atoms with Crippen LogP contribution in [0.5, 0.6) is 0 Å². The smallest absolute Gasteiger partial charge is 0.336 e. The van der Waals surface area contributed by atoms with E-state index in [0.29, 0.717) is 18.0 Å². The van der Waals surface area contributed by atoms with Gasteiger partial charge in [-0.15, -0.1) is 10.2 Å². The van der Waals surface area contributed by atoms with E-state index in [1.807, 2.05) is 42.5 Å². The summed E-state index contributed by atoms with van der Waals surface area (Å²) in [5.41, 5.74) is 3.01. The number of hydrogen-bond acceptors (Lipinski definition) is 5. The Balaban J connectivity index is 1.69. The van der Waals surface area contributed by atoms with Gasteiger partial charge in [0.15, 0.2) is 0 Å². The average molecular weight is 411 g/mol. The average Bonchev–Trinajstić information content (AvgIpc) is 3.10.